The molecule has 1 rings (SSSR count). The van der Waals surface area contributed by atoms with Crippen molar-refractivity contribution < 1.29 is 9.90 Å². The third kappa shape index (κ3) is 1.80. The molecule has 2 heteroatoms. The van der Waals surface area contributed by atoms with Crippen LogP contribution in [0, 0.1) is 0 Å². The normalized spacial score (nSPS) is 20.1. The van der Waals surface area contributed by atoms with Crippen LogP contribution >= 0.6 is 0 Å². The Morgan fingerprint density at radius 3 is 2.73 bits per heavy atom. The molecule has 0 unspecified atom stereocenters. The number of hydrogen-bond donors (Lipinski definition) is 1. The van der Waals surface area contributed by atoms with Gasteiger partial charge < -0.3 is 5.11 Å². The van der Waals surface area contributed by atoms with Crippen LogP contribution in [0.5, 0.6) is 0 Å². The SMILES string of the molecule is CC=C1C=CC(C(=O)O)=CC1. The Labute approximate surface area is 65.5 Å². The summed E-state index contributed by atoms with van der Waals surface area (Å²) < 4.78 is 0. The lowest BCUT2D eigenvalue weighted by Gasteiger charge is -2.03. The molecule has 0 radical (unpaired) electrons. The number of rotatable bonds is 1. The first-order valence-electron chi connectivity index (χ1n) is 3.50. The van der Waals surface area contributed by atoms with E-state index in [2.05, 4.69) is 0 Å². The van der Waals surface area contributed by atoms with Gasteiger partial charge in [-0.25, -0.2) is 4.79 Å². The van der Waals surface area contributed by atoms with E-state index in [4.69, 9.17) is 5.11 Å². The van der Waals surface area contributed by atoms with E-state index in [0.717, 1.165) is 12.0 Å². The Bertz CT molecular complexity index is 257. The minimum Gasteiger partial charge on any atom is -0.478 e. The molecule has 2 nitrogen and oxygen atoms in total. The molecule has 11 heavy (non-hydrogen) atoms. The van der Waals surface area contributed by atoms with Crippen molar-refractivity contribution in [2.45, 2.75) is 13.3 Å². The Kier molecular flexibility index (Phi) is 2.26. The first-order chi connectivity index (χ1) is 5.24. The first kappa shape index (κ1) is 7.79. The molecular formula is C9H10O2. The number of allylic oxidation sites excluding steroid dienone is 4. The van der Waals surface area contributed by atoms with Crippen LogP contribution in [-0.2, 0) is 4.79 Å². The minimum atomic E-state index is -0.851. The summed E-state index contributed by atoms with van der Waals surface area (Å²) in [5, 5.41) is 8.56. The quantitative estimate of drug-likeness (QED) is 0.619. The largest absolute Gasteiger partial charge is 0.478 e. The highest BCUT2D eigenvalue weighted by Gasteiger charge is 2.06. The van der Waals surface area contributed by atoms with Gasteiger partial charge in [-0.15, -0.1) is 0 Å². The Hall–Kier alpha value is -1.31. The first-order valence-corrected chi connectivity index (χ1v) is 3.50. The molecule has 58 valence electrons. The van der Waals surface area contributed by atoms with Gasteiger partial charge in [0.25, 0.3) is 0 Å². The fourth-order valence-electron chi connectivity index (χ4n) is 0.933. The summed E-state index contributed by atoms with van der Waals surface area (Å²) in [4.78, 5) is 10.4. The van der Waals surface area contributed by atoms with E-state index in [9.17, 15) is 4.79 Å². The molecule has 0 aromatic rings. The van der Waals surface area contributed by atoms with Crippen molar-refractivity contribution in [1.82, 2.24) is 0 Å². The maximum absolute atomic E-state index is 10.4. The summed E-state index contributed by atoms with van der Waals surface area (Å²) in [5.74, 6) is -0.851. The average molecular weight is 150 g/mol. The van der Waals surface area contributed by atoms with Crippen LogP contribution in [0.1, 0.15) is 13.3 Å². The average Bonchev–Trinajstić information content (AvgIpc) is 2.05. The van der Waals surface area contributed by atoms with Gasteiger partial charge in [0.1, 0.15) is 0 Å². The van der Waals surface area contributed by atoms with Crippen molar-refractivity contribution in [2.75, 3.05) is 0 Å². The fourth-order valence-corrected chi connectivity index (χ4v) is 0.933. The Balaban J connectivity index is 2.75. The summed E-state index contributed by atoms with van der Waals surface area (Å²) in [5.41, 5.74) is 1.55. The van der Waals surface area contributed by atoms with Gasteiger partial charge in [0, 0.05) is 0 Å². The summed E-state index contributed by atoms with van der Waals surface area (Å²) in [7, 11) is 0. The maximum Gasteiger partial charge on any atom is 0.335 e. The van der Waals surface area contributed by atoms with Gasteiger partial charge in [0.2, 0.25) is 0 Å². The van der Waals surface area contributed by atoms with Crippen LogP contribution in [0.4, 0.5) is 0 Å². The van der Waals surface area contributed by atoms with E-state index in [1.807, 2.05) is 19.1 Å². The highest BCUT2D eigenvalue weighted by atomic mass is 16.4. The lowest BCUT2D eigenvalue weighted by atomic mass is 10.0. The smallest absolute Gasteiger partial charge is 0.335 e. The van der Waals surface area contributed by atoms with Crippen molar-refractivity contribution in [2.24, 2.45) is 0 Å². The van der Waals surface area contributed by atoms with Crippen LogP contribution in [0.3, 0.4) is 0 Å². The van der Waals surface area contributed by atoms with Crippen LogP contribution in [-0.4, -0.2) is 11.1 Å². The molecule has 0 spiro atoms. The van der Waals surface area contributed by atoms with Crippen molar-refractivity contribution in [3.8, 4) is 0 Å². The lowest BCUT2D eigenvalue weighted by Crippen LogP contribution is -2.00. The van der Waals surface area contributed by atoms with Gasteiger partial charge in [0.15, 0.2) is 0 Å². The predicted molar refractivity (Wildman–Crippen MR) is 43.2 cm³/mol. The summed E-state index contributed by atoms with van der Waals surface area (Å²) in [6, 6.07) is 0. The molecule has 0 atom stereocenters. The highest BCUT2D eigenvalue weighted by Crippen LogP contribution is 2.14. The molecule has 0 fully saturated rings. The molecule has 0 bridgehead atoms. The van der Waals surface area contributed by atoms with Crippen molar-refractivity contribution >= 4 is 5.97 Å². The molecule has 0 amide bonds. The predicted octanol–water partition coefficient (Wildman–Crippen LogP) is 1.90. The van der Waals surface area contributed by atoms with Crippen molar-refractivity contribution in [3.05, 3.63) is 35.5 Å². The van der Waals surface area contributed by atoms with E-state index < -0.39 is 5.97 Å². The van der Waals surface area contributed by atoms with Gasteiger partial charge in [0.05, 0.1) is 5.57 Å². The zero-order valence-corrected chi connectivity index (χ0v) is 6.37. The molecule has 0 aliphatic heterocycles. The van der Waals surface area contributed by atoms with Crippen LogP contribution in [0.15, 0.2) is 35.5 Å². The standard InChI is InChI=1S/C9H10O2/c1-2-7-3-5-8(6-4-7)9(10)11/h2-3,5-6H,4H2,1H3,(H,10,11). The summed E-state index contributed by atoms with van der Waals surface area (Å²) in [6.45, 7) is 1.94. The molecule has 0 saturated carbocycles. The zero-order chi connectivity index (χ0) is 8.27. The Morgan fingerprint density at radius 2 is 2.36 bits per heavy atom. The zero-order valence-electron chi connectivity index (χ0n) is 6.37. The van der Waals surface area contributed by atoms with Crippen LogP contribution in [0.25, 0.3) is 0 Å². The number of carbonyl (C=O) groups is 1. The van der Waals surface area contributed by atoms with Crippen molar-refractivity contribution in [3.63, 3.8) is 0 Å². The van der Waals surface area contributed by atoms with E-state index in [0.29, 0.717) is 5.57 Å². The molecule has 1 aliphatic rings. The lowest BCUT2D eigenvalue weighted by molar-refractivity contribution is -0.132. The van der Waals surface area contributed by atoms with Gasteiger partial charge in [-0.05, 0) is 25.0 Å². The van der Waals surface area contributed by atoms with Crippen LogP contribution in [0.2, 0.25) is 0 Å². The second-order valence-corrected chi connectivity index (χ2v) is 2.37. The van der Waals surface area contributed by atoms with Crippen LogP contribution < -0.4 is 0 Å². The van der Waals surface area contributed by atoms with Gasteiger partial charge in [-0.1, -0.05) is 18.2 Å². The third-order valence-corrected chi connectivity index (χ3v) is 1.65. The molecule has 1 aliphatic carbocycles. The number of carboxylic acid groups (broad SMARTS) is 1. The molecule has 0 aromatic carbocycles. The second-order valence-electron chi connectivity index (χ2n) is 2.37. The molecule has 0 heterocycles. The number of hydrogen-bond acceptors (Lipinski definition) is 1. The number of aliphatic carboxylic acids is 1. The topological polar surface area (TPSA) is 37.3 Å². The minimum absolute atomic E-state index is 0.385. The van der Waals surface area contributed by atoms with Gasteiger partial charge >= 0.3 is 5.97 Å². The van der Waals surface area contributed by atoms with E-state index in [-0.39, 0.29) is 0 Å². The van der Waals surface area contributed by atoms with Gasteiger partial charge in [-0.2, -0.15) is 0 Å². The monoisotopic (exact) mass is 150 g/mol. The highest BCUT2D eigenvalue weighted by molar-refractivity contribution is 5.90. The molecule has 0 aromatic heterocycles. The molecular weight excluding hydrogens is 140 g/mol. The second kappa shape index (κ2) is 3.19. The fraction of sp³-hybridized carbons (Fsp3) is 0.222. The third-order valence-electron chi connectivity index (χ3n) is 1.65. The summed E-state index contributed by atoms with van der Waals surface area (Å²) in [6.07, 6.45) is 7.89. The molecule has 1 N–H and O–H groups in total. The maximum atomic E-state index is 10.4. The van der Waals surface area contributed by atoms with E-state index in [1.54, 1.807) is 12.2 Å². The Morgan fingerprint density at radius 1 is 1.64 bits per heavy atom. The molecule has 0 saturated heterocycles. The van der Waals surface area contributed by atoms with Crippen molar-refractivity contribution in [1.29, 1.82) is 0 Å². The summed E-state index contributed by atoms with van der Waals surface area (Å²) >= 11 is 0. The van der Waals surface area contributed by atoms with E-state index in [1.165, 1.54) is 0 Å². The van der Waals surface area contributed by atoms with E-state index >= 15 is 0 Å². The number of carboxylic acids is 1. The van der Waals surface area contributed by atoms with Gasteiger partial charge in [-0.3, -0.25) is 0 Å².